The second-order valence-corrected chi connectivity index (χ2v) is 9.67. The van der Waals surface area contributed by atoms with Crippen LogP contribution in [-0.4, -0.2) is 29.2 Å². The minimum absolute atomic E-state index is 0.0278. The van der Waals surface area contributed by atoms with Crippen LogP contribution in [0.1, 0.15) is 29.8 Å². The summed E-state index contributed by atoms with van der Waals surface area (Å²) in [7, 11) is -4.06. The van der Waals surface area contributed by atoms with Gasteiger partial charge in [-0.1, -0.05) is 54.1 Å². The van der Waals surface area contributed by atoms with Crippen LogP contribution in [0.2, 0.25) is 5.02 Å². The molecule has 0 spiro atoms. The maximum Gasteiger partial charge on any atom is 0.435 e. The highest BCUT2D eigenvalue weighted by Gasteiger charge is 2.44. The first-order chi connectivity index (χ1) is 15.1. The molecule has 2 heterocycles. The molecule has 32 heavy (non-hydrogen) atoms. The van der Waals surface area contributed by atoms with E-state index in [0.717, 1.165) is 16.3 Å². The number of fused-ring (bicyclic) bond motifs is 1. The highest BCUT2D eigenvalue weighted by molar-refractivity contribution is 7.90. The summed E-state index contributed by atoms with van der Waals surface area (Å²) in [5, 5.41) is 2.81. The van der Waals surface area contributed by atoms with Gasteiger partial charge < -0.3 is 0 Å². The Balaban J connectivity index is 1.79. The van der Waals surface area contributed by atoms with Crippen molar-refractivity contribution in [3.63, 3.8) is 0 Å². The molecule has 0 amide bonds. The fraction of sp³-hybridized carbons (Fsp3) is 0.238. The lowest BCUT2D eigenvalue weighted by atomic mass is 10.00. The molecule has 1 aliphatic heterocycles. The first-order valence-corrected chi connectivity index (χ1v) is 11.5. The van der Waals surface area contributed by atoms with Crippen LogP contribution < -0.4 is 4.72 Å². The van der Waals surface area contributed by atoms with Crippen molar-refractivity contribution in [2.24, 2.45) is 4.99 Å². The van der Waals surface area contributed by atoms with Crippen LogP contribution in [-0.2, 0) is 22.7 Å². The molecule has 6 nitrogen and oxygen atoms in total. The van der Waals surface area contributed by atoms with E-state index < -0.39 is 33.2 Å². The number of nitrogens with zero attached hydrogens (tertiary/aromatic N) is 3. The summed E-state index contributed by atoms with van der Waals surface area (Å²) in [5.41, 5.74) is 0.199. The van der Waals surface area contributed by atoms with Crippen LogP contribution >= 0.6 is 11.6 Å². The Morgan fingerprint density at radius 1 is 1.09 bits per heavy atom. The summed E-state index contributed by atoms with van der Waals surface area (Å²) in [6.07, 6.45) is -4.70. The summed E-state index contributed by atoms with van der Waals surface area (Å²) >= 11 is 5.96. The highest BCUT2D eigenvalue weighted by Crippen LogP contribution is 2.39. The van der Waals surface area contributed by atoms with Crippen molar-refractivity contribution in [2.45, 2.75) is 30.9 Å². The number of aliphatic imine (C=N–C) groups is 1. The summed E-state index contributed by atoms with van der Waals surface area (Å²) in [4.78, 5) is 4.15. The predicted molar refractivity (Wildman–Crippen MR) is 116 cm³/mol. The topological polar surface area (TPSA) is 76.3 Å². The Hall–Kier alpha value is -2.69. The van der Waals surface area contributed by atoms with Crippen LogP contribution in [0.15, 0.2) is 65.7 Å². The molecule has 0 saturated heterocycles. The fourth-order valence-electron chi connectivity index (χ4n) is 3.65. The number of alkyl halides is 3. The van der Waals surface area contributed by atoms with E-state index in [4.69, 9.17) is 11.6 Å². The molecule has 1 aliphatic rings. The quantitative estimate of drug-likeness (QED) is 0.570. The summed E-state index contributed by atoms with van der Waals surface area (Å²) in [6.45, 7) is 1.51. The first-order valence-electron chi connectivity index (χ1n) is 9.56. The van der Waals surface area contributed by atoms with Gasteiger partial charge in [0, 0.05) is 23.3 Å². The van der Waals surface area contributed by atoms with Crippen molar-refractivity contribution in [3.05, 3.63) is 82.5 Å². The average Bonchev–Trinajstić information content (AvgIpc) is 3.17. The molecule has 3 aromatic rings. The second kappa shape index (κ2) is 8.34. The molecule has 168 valence electrons. The predicted octanol–water partition coefficient (Wildman–Crippen LogP) is 4.74. The van der Waals surface area contributed by atoms with E-state index in [1.807, 2.05) is 6.07 Å². The van der Waals surface area contributed by atoms with Crippen LogP contribution in [0, 0.1) is 0 Å². The monoisotopic (exact) mass is 482 g/mol. The largest absolute Gasteiger partial charge is 0.435 e. The third-order valence-electron chi connectivity index (χ3n) is 5.13. The van der Waals surface area contributed by atoms with Gasteiger partial charge in [-0.05, 0) is 30.2 Å². The Bertz CT molecular complexity index is 1260. The number of nitrogens with one attached hydrogen (secondary N) is 1. The van der Waals surface area contributed by atoms with Gasteiger partial charge >= 0.3 is 6.18 Å². The number of halogens is 4. The van der Waals surface area contributed by atoms with E-state index in [2.05, 4.69) is 14.8 Å². The zero-order valence-electron chi connectivity index (χ0n) is 16.7. The lowest BCUT2D eigenvalue weighted by Crippen LogP contribution is -2.46. The zero-order valence-corrected chi connectivity index (χ0v) is 18.3. The Labute approximate surface area is 187 Å². The molecule has 0 aliphatic carbocycles. The van der Waals surface area contributed by atoms with Crippen molar-refractivity contribution in [1.29, 1.82) is 0 Å². The SMILES string of the molecule is CC1=Nc2cc(C(F)(F)F)nn2C(c2ccc(Cl)cc2)C1S(=O)(=O)NCc1ccccc1. The fourth-order valence-corrected chi connectivity index (χ4v) is 5.44. The number of hydrogen-bond acceptors (Lipinski definition) is 4. The number of benzene rings is 2. The number of hydrogen-bond donors (Lipinski definition) is 1. The van der Waals surface area contributed by atoms with Crippen molar-refractivity contribution >= 4 is 33.2 Å². The smallest absolute Gasteiger partial charge is 0.238 e. The van der Waals surface area contributed by atoms with Gasteiger partial charge in [-0.25, -0.2) is 22.8 Å². The Kier molecular flexibility index (Phi) is 5.87. The van der Waals surface area contributed by atoms with Crippen LogP contribution in [0.25, 0.3) is 0 Å². The molecule has 0 fully saturated rings. The number of sulfonamides is 1. The van der Waals surface area contributed by atoms with Crippen molar-refractivity contribution in [2.75, 3.05) is 0 Å². The van der Waals surface area contributed by atoms with E-state index >= 15 is 0 Å². The molecule has 11 heteroatoms. The molecular weight excluding hydrogens is 465 g/mol. The maximum absolute atomic E-state index is 13.4. The molecular formula is C21H18ClF3N4O2S. The average molecular weight is 483 g/mol. The molecule has 2 unspecified atom stereocenters. The molecule has 0 bridgehead atoms. The normalized spacial score (nSPS) is 18.8. The lowest BCUT2D eigenvalue weighted by Gasteiger charge is -2.31. The Morgan fingerprint density at radius 3 is 2.38 bits per heavy atom. The number of rotatable bonds is 5. The first kappa shape index (κ1) is 22.5. The molecule has 2 aromatic carbocycles. The van der Waals surface area contributed by atoms with Crippen molar-refractivity contribution < 1.29 is 21.6 Å². The molecule has 0 saturated carbocycles. The lowest BCUT2D eigenvalue weighted by molar-refractivity contribution is -0.141. The maximum atomic E-state index is 13.4. The van der Waals surface area contributed by atoms with Crippen LogP contribution in [0.3, 0.4) is 0 Å². The molecule has 0 radical (unpaired) electrons. The van der Waals surface area contributed by atoms with Gasteiger partial charge in [0.25, 0.3) is 0 Å². The van der Waals surface area contributed by atoms with E-state index in [1.165, 1.54) is 6.92 Å². The van der Waals surface area contributed by atoms with Crippen molar-refractivity contribution in [1.82, 2.24) is 14.5 Å². The zero-order chi connectivity index (χ0) is 23.1. The third-order valence-corrected chi connectivity index (χ3v) is 7.19. The second-order valence-electron chi connectivity index (χ2n) is 7.35. The van der Waals surface area contributed by atoms with E-state index in [-0.39, 0.29) is 18.1 Å². The highest BCUT2D eigenvalue weighted by atomic mass is 35.5. The van der Waals surface area contributed by atoms with E-state index in [9.17, 15) is 21.6 Å². The third kappa shape index (κ3) is 4.43. The van der Waals surface area contributed by atoms with Gasteiger partial charge in [-0.2, -0.15) is 18.3 Å². The van der Waals surface area contributed by atoms with E-state index in [0.29, 0.717) is 10.6 Å². The summed E-state index contributed by atoms with van der Waals surface area (Å²) in [6, 6.07) is 14.9. The molecule has 1 aromatic heterocycles. The van der Waals surface area contributed by atoms with Gasteiger partial charge in [0.2, 0.25) is 10.0 Å². The van der Waals surface area contributed by atoms with Gasteiger partial charge in [0.15, 0.2) is 11.5 Å². The van der Waals surface area contributed by atoms with Gasteiger partial charge in [0.1, 0.15) is 11.3 Å². The van der Waals surface area contributed by atoms with Crippen molar-refractivity contribution in [3.8, 4) is 0 Å². The van der Waals surface area contributed by atoms with Gasteiger partial charge in [0.05, 0.1) is 0 Å². The standard InChI is InChI=1S/C21H18ClF3N4O2S/c1-13-20(32(30,31)26-12-14-5-3-2-4-6-14)19(15-7-9-16(22)10-8-15)29-18(27-13)11-17(28-29)21(23,24)25/h2-11,19-20,26H,12H2,1H3. The van der Waals surface area contributed by atoms with Gasteiger partial charge in [-0.15, -0.1) is 0 Å². The molecule has 4 rings (SSSR count). The Morgan fingerprint density at radius 2 is 1.75 bits per heavy atom. The van der Waals surface area contributed by atoms with E-state index in [1.54, 1.807) is 48.5 Å². The molecule has 2 atom stereocenters. The summed E-state index contributed by atoms with van der Waals surface area (Å²) < 4.78 is 70.2. The minimum Gasteiger partial charge on any atom is -0.238 e. The summed E-state index contributed by atoms with van der Waals surface area (Å²) in [5.74, 6) is -0.0655. The van der Waals surface area contributed by atoms with Crippen LogP contribution in [0.5, 0.6) is 0 Å². The minimum atomic E-state index is -4.70. The number of aromatic nitrogens is 2. The van der Waals surface area contributed by atoms with Crippen LogP contribution in [0.4, 0.5) is 19.0 Å². The van der Waals surface area contributed by atoms with Gasteiger partial charge in [-0.3, -0.25) is 0 Å². The molecule has 1 N–H and O–H groups in total.